The van der Waals surface area contributed by atoms with Crippen LogP contribution in [0.3, 0.4) is 0 Å². The number of halogens is 4. The van der Waals surface area contributed by atoms with E-state index in [-0.39, 0.29) is 12.7 Å². The zero-order valence-corrected chi connectivity index (χ0v) is 18.5. The normalized spacial score (nSPS) is 12.6. The molecule has 1 aromatic rings. The monoisotopic (exact) mass is 447 g/mol. The Hall–Kier alpha value is -2.12. The average molecular weight is 448 g/mol. The second-order valence-corrected chi connectivity index (χ2v) is 8.03. The molecule has 1 rings (SSSR count). The van der Waals surface area contributed by atoms with Gasteiger partial charge in [-0.15, -0.1) is 0 Å². The average Bonchev–Trinajstić information content (AvgIpc) is 2.69. The quantitative estimate of drug-likeness (QED) is 0.220. The summed E-state index contributed by atoms with van der Waals surface area (Å²) in [4.78, 5) is 24.8. The fourth-order valence-corrected chi connectivity index (χ4v) is 3.16. The number of rotatable bonds is 13. The molecule has 0 spiro atoms. The smallest absolute Gasteiger partial charge is 0.417 e. The van der Waals surface area contributed by atoms with E-state index in [9.17, 15) is 27.2 Å². The van der Waals surface area contributed by atoms with Crippen molar-refractivity contribution in [3.63, 3.8) is 0 Å². The Balaban J connectivity index is 2.59. The number of carbonyl (C=O) groups is 2. The third kappa shape index (κ3) is 9.70. The number of unbranched alkanes of at least 4 members (excludes halogenated alkanes) is 7. The molecule has 0 aliphatic carbocycles. The van der Waals surface area contributed by atoms with Crippen LogP contribution in [-0.4, -0.2) is 24.5 Å². The number of nitrogens with one attached hydrogen (secondary N) is 1. The highest BCUT2D eigenvalue weighted by Gasteiger charge is 2.37. The lowest BCUT2D eigenvalue weighted by molar-refractivity contribution is -0.147. The molecule has 1 N–H and O–H groups in total. The first kappa shape index (κ1) is 26.9. The first-order valence-corrected chi connectivity index (χ1v) is 10.9. The SMILES string of the molecule is CCCCCCCCCCOC(=O)C(NC(=O)c1ccc(F)cc1C(F)(F)F)C(C)C. The van der Waals surface area contributed by atoms with Crippen molar-refractivity contribution in [3.05, 3.63) is 35.1 Å². The molecule has 0 saturated carbocycles. The van der Waals surface area contributed by atoms with Crippen LogP contribution in [0.1, 0.15) is 88.1 Å². The fraction of sp³-hybridized carbons (Fsp3) is 0.652. The van der Waals surface area contributed by atoms with E-state index in [2.05, 4.69) is 12.2 Å². The van der Waals surface area contributed by atoms with Gasteiger partial charge in [0.25, 0.3) is 5.91 Å². The van der Waals surface area contributed by atoms with Crippen LogP contribution in [0.25, 0.3) is 0 Å². The van der Waals surface area contributed by atoms with E-state index in [1.54, 1.807) is 13.8 Å². The van der Waals surface area contributed by atoms with E-state index in [0.717, 1.165) is 31.4 Å². The standard InChI is InChI=1S/C23H33F4NO3/c1-4-5-6-7-8-9-10-11-14-31-22(30)20(16(2)3)28-21(29)18-13-12-17(24)15-19(18)23(25,26)27/h12-13,15-16,20H,4-11,14H2,1-3H3,(H,28,29). The number of benzene rings is 1. The molecule has 0 heterocycles. The fourth-order valence-electron chi connectivity index (χ4n) is 3.16. The molecule has 0 radical (unpaired) electrons. The van der Waals surface area contributed by atoms with Gasteiger partial charge in [-0.1, -0.05) is 65.7 Å². The number of ether oxygens (including phenoxy) is 1. The Morgan fingerprint density at radius 2 is 1.58 bits per heavy atom. The Morgan fingerprint density at radius 3 is 2.13 bits per heavy atom. The summed E-state index contributed by atoms with van der Waals surface area (Å²) in [7, 11) is 0. The molecule has 0 bridgehead atoms. The summed E-state index contributed by atoms with van der Waals surface area (Å²) in [5.41, 5.74) is -2.13. The van der Waals surface area contributed by atoms with E-state index in [0.29, 0.717) is 6.42 Å². The summed E-state index contributed by atoms with van der Waals surface area (Å²) in [6, 6.07) is 0.693. The topological polar surface area (TPSA) is 55.4 Å². The van der Waals surface area contributed by atoms with Gasteiger partial charge in [-0.05, 0) is 30.5 Å². The Bertz CT molecular complexity index is 705. The lowest BCUT2D eigenvalue weighted by atomic mass is 10.0. The number of amides is 1. The molecule has 1 atom stereocenters. The second kappa shape index (κ2) is 13.3. The minimum Gasteiger partial charge on any atom is -0.464 e. The molecule has 4 nitrogen and oxygen atoms in total. The van der Waals surface area contributed by atoms with Crippen molar-refractivity contribution in [2.75, 3.05) is 6.61 Å². The van der Waals surface area contributed by atoms with Gasteiger partial charge in [0.2, 0.25) is 0 Å². The Morgan fingerprint density at radius 1 is 1.00 bits per heavy atom. The Kier molecular flexibility index (Phi) is 11.6. The maximum Gasteiger partial charge on any atom is 0.417 e. The van der Waals surface area contributed by atoms with Gasteiger partial charge in [0.15, 0.2) is 0 Å². The van der Waals surface area contributed by atoms with Crippen molar-refractivity contribution >= 4 is 11.9 Å². The molecule has 0 aliphatic rings. The van der Waals surface area contributed by atoms with Crippen LogP contribution < -0.4 is 5.32 Å². The molecular formula is C23H33F4NO3. The van der Waals surface area contributed by atoms with Crippen LogP contribution >= 0.6 is 0 Å². The lowest BCUT2D eigenvalue weighted by Gasteiger charge is -2.22. The predicted octanol–water partition coefficient (Wildman–Crippen LogP) is 6.28. The highest BCUT2D eigenvalue weighted by Crippen LogP contribution is 2.32. The molecule has 0 fully saturated rings. The minimum atomic E-state index is -4.90. The predicted molar refractivity (Wildman–Crippen MR) is 111 cm³/mol. The van der Waals surface area contributed by atoms with Gasteiger partial charge >= 0.3 is 12.1 Å². The second-order valence-electron chi connectivity index (χ2n) is 8.03. The van der Waals surface area contributed by atoms with Crippen LogP contribution in [-0.2, 0) is 15.7 Å². The number of hydrogen-bond acceptors (Lipinski definition) is 3. The van der Waals surface area contributed by atoms with Crippen molar-refractivity contribution in [1.82, 2.24) is 5.32 Å². The number of alkyl halides is 3. The van der Waals surface area contributed by atoms with Gasteiger partial charge in [0.05, 0.1) is 17.7 Å². The molecule has 8 heteroatoms. The summed E-state index contributed by atoms with van der Waals surface area (Å²) < 4.78 is 58.0. The summed E-state index contributed by atoms with van der Waals surface area (Å²) in [5, 5.41) is 2.31. The van der Waals surface area contributed by atoms with E-state index < -0.39 is 47.0 Å². The molecule has 0 aromatic heterocycles. The van der Waals surface area contributed by atoms with Gasteiger partial charge in [0.1, 0.15) is 11.9 Å². The van der Waals surface area contributed by atoms with Crippen molar-refractivity contribution in [3.8, 4) is 0 Å². The lowest BCUT2D eigenvalue weighted by Crippen LogP contribution is -2.45. The molecule has 0 aliphatic heterocycles. The van der Waals surface area contributed by atoms with E-state index in [1.165, 1.54) is 25.7 Å². The van der Waals surface area contributed by atoms with Crippen LogP contribution in [0, 0.1) is 11.7 Å². The zero-order chi connectivity index (χ0) is 23.4. The largest absolute Gasteiger partial charge is 0.464 e. The molecule has 176 valence electrons. The van der Waals surface area contributed by atoms with E-state index in [1.807, 2.05) is 0 Å². The number of esters is 1. The summed E-state index contributed by atoms with van der Waals surface area (Å²) >= 11 is 0. The van der Waals surface area contributed by atoms with Crippen molar-refractivity contribution in [2.24, 2.45) is 5.92 Å². The maximum absolute atomic E-state index is 13.3. The third-order valence-corrected chi connectivity index (χ3v) is 4.98. The zero-order valence-electron chi connectivity index (χ0n) is 18.5. The van der Waals surface area contributed by atoms with Crippen LogP contribution in [0.4, 0.5) is 17.6 Å². The highest BCUT2D eigenvalue weighted by atomic mass is 19.4. The van der Waals surface area contributed by atoms with E-state index in [4.69, 9.17) is 4.74 Å². The number of carbonyl (C=O) groups excluding carboxylic acids is 2. The number of hydrogen-bond donors (Lipinski definition) is 1. The van der Waals surface area contributed by atoms with Crippen LogP contribution in [0.15, 0.2) is 18.2 Å². The van der Waals surface area contributed by atoms with Crippen LogP contribution in [0.5, 0.6) is 0 Å². The third-order valence-electron chi connectivity index (χ3n) is 4.98. The van der Waals surface area contributed by atoms with Crippen molar-refractivity contribution in [2.45, 2.75) is 84.4 Å². The Labute approximate surface area is 181 Å². The van der Waals surface area contributed by atoms with Gasteiger partial charge in [-0.3, -0.25) is 4.79 Å². The van der Waals surface area contributed by atoms with Gasteiger partial charge in [-0.25, -0.2) is 9.18 Å². The molecule has 31 heavy (non-hydrogen) atoms. The maximum atomic E-state index is 13.3. The summed E-state index contributed by atoms with van der Waals surface area (Å²) in [5.74, 6) is -3.30. The van der Waals surface area contributed by atoms with Gasteiger partial charge in [0, 0.05) is 0 Å². The molecule has 1 aromatic carbocycles. The molecular weight excluding hydrogens is 414 g/mol. The van der Waals surface area contributed by atoms with Crippen molar-refractivity contribution in [1.29, 1.82) is 0 Å². The molecule has 0 saturated heterocycles. The van der Waals surface area contributed by atoms with Crippen LogP contribution in [0.2, 0.25) is 0 Å². The first-order chi connectivity index (χ1) is 14.6. The van der Waals surface area contributed by atoms with Gasteiger partial charge in [-0.2, -0.15) is 13.2 Å². The van der Waals surface area contributed by atoms with Gasteiger partial charge < -0.3 is 10.1 Å². The molecule has 1 amide bonds. The van der Waals surface area contributed by atoms with Crippen molar-refractivity contribution < 1.29 is 31.9 Å². The molecule has 1 unspecified atom stereocenters. The summed E-state index contributed by atoms with van der Waals surface area (Å²) in [6.45, 7) is 5.66. The first-order valence-electron chi connectivity index (χ1n) is 10.9. The van der Waals surface area contributed by atoms with E-state index >= 15 is 0 Å². The highest BCUT2D eigenvalue weighted by molar-refractivity contribution is 5.98. The summed E-state index contributed by atoms with van der Waals surface area (Å²) in [6.07, 6.45) is 3.75. The minimum absolute atomic E-state index is 0.192.